The molecule has 1 heterocycles. The van der Waals surface area contributed by atoms with Crippen molar-refractivity contribution in [2.45, 2.75) is 12.5 Å². The van der Waals surface area contributed by atoms with E-state index in [1.54, 1.807) is 48.9 Å². The highest BCUT2D eigenvalue weighted by molar-refractivity contribution is 5.94. The average molecular weight is 256 g/mol. The summed E-state index contributed by atoms with van der Waals surface area (Å²) in [5.74, 6) is 5.74. The first kappa shape index (κ1) is 13.1. The lowest BCUT2D eigenvalue weighted by Gasteiger charge is -2.25. The molecule has 0 bridgehead atoms. The summed E-state index contributed by atoms with van der Waals surface area (Å²) in [6.45, 7) is 3.70. The third-order valence-electron chi connectivity index (χ3n) is 2.91. The second-order valence-electron chi connectivity index (χ2n) is 4.18. The molecular formula is C15H16N2O2. The smallest absolute Gasteiger partial charge is 0.268 e. The fraction of sp³-hybridized carbons (Fsp3) is 0.133. The van der Waals surface area contributed by atoms with Gasteiger partial charge in [-0.2, -0.15) is 0 Å². The number of furan rings is 1. The number of rotatable bonds is 5. The van der Waals surface area contributed by atoms with E-state index in [0.717, 1.165) is 5.56 Å². The summed E-state index contributed by atoms with van der Waals surface area (Å²) in [6, 6.07) is 10.5. The Balaban J connectivity index is 2.22. The summed E-state index contributed by atoms with van der Waals surface area (Å²) >= 11 is 0. The van der Waals surface area contributed by atoms with Gasteiger partial charge in [-0.25, -0.2) is 5.84 Å². The molecule has 4 heteroatoms. The number of carbonyl (C=O) groups excluding carboxylic acids is 1. The largest absolute Gasteiger partial charge is 0.472 e. The Morgan fingerprint density at radius 1 is 1.37 bits per heavy atom. The van der Waals surface area contributed by atoms with Crippen LogP contribution in [0, 0.1) is 0 Å². The van der Waals surface area contributed by atoms with E-state index in [2.05, 4.69) is 6.58 Å². The van der Waals surface area contributed by atoms with Gasteiger partial charge in [0.05, 0.1) is 18.6 Å². The first-order chi connectivity index (χ1) is 9.24. The van der Waals surface area contributed by atoms with Crippen molar-refractivity contribution in [1.82, 2.24) is 5.01 Å². The van der Waals surface area contributed by atoms with Gasteiger partial charge in [-0.05, 0) is 24.6 Å². The molecular weight excluding hydrogens is 240 g/mol. The lowest BCUT2D eigenvalue weighted by Crippen LogP contribution is -2.40. The normalized spacial score (nSPS) is 11.8. The lowest BCUT2D eigenvalue weighted by molar-refractivity contribution is 0.0676. The third-order valence-corrected chi connectivity index (χ3v) is 2.91. The molecule has 2 N–H and O–H groups in total. The van der Waals surface area contributed by atoms with Crippen molar-refractivity contribution in [3.63, 3.8) is 0 Å². The summed E-state index contributed by atoms with van der Waals surface area (Å²) in [6.07, 6.45) is 5.45. The maximum absolute atomic E-state index is 12.3. The molecule has 1 aromatic heterocycles. The maximum Gasteiger partial charge on any atom is 0.268 e. The number of hydrogen-bond acceptors (Lipinski definition) is 3. The van der Waals surface area contributed by atoms with Gasteiger partial charge >= 0.3 is 0 Å². The number of hydrazine groups is 1. The van der Waals surface area contributed by atoms with Crippen LogP contribution in [0.15, 0.2) is 66.0 Å². The predicted molar refractivity (Wildman–Crippen MR) is 73.1 cm³/mol. The van der Waals surface area contributed by atoms with E-state index in [1.807, 2.05) is 6.07 Å². The lowest BCUT2D eigenvalue weighted by atomic mass is 10.1. The molecule has 0 saturated heterocycles. The molecule has 0 radical (unpaired) electrons. The fourth-order valence-electron chi connectivity index (χ4n) is 1.90. The summed E-state index contributed by atoms with van der Waals surface area (Å²) in [5, 5.41) is 1.22. The second-order valence-corrected chi connectivity index (χ2v) is 4.18. The van der Waals surface area contributed by atoms with Gasteiger partial charge in [-0.1, -0.05) is 24.3 Å². The molecule has 0 unspecified atom stereocenters. The Morgan fingerprint density at radius 3 is 2.68 bits per heavy atom. The SMILES string of the molecule is C=CC[C@H](c1ccoc1)N(N)C(=O)c1ccccc1. The number of amides is 1. The number of benzene rings is 1. The van der Waals surface area contributed by atoms with Gasteiger partial charge in [-0.3, -0.25) is 9.80 Å². The van der Waals surface area contributed by atoms with Crippen molar-refractivity contribution < 1.29 is 9.21 Å². The van der Waals surface area contributed by atoms with E-state index >= 15 is 0 Å². The monoisotopic (exact) mass is 256 g/mol. The minimum atomic E-state index is -0.274. The van der Waals surface area contributed by atoms with Gasteiger partial charge in [-0.15, -0.1) is 6.58 Å². The Labute approximate surface area is 112 Å². The molecule has 4 nitrogen and oxygen atoms in total. The van der Waals surface area contributed by atoms with Crippen molar-refractivity contribution in [1.29, 1.82) is 0 Å². The van der Waals surface area contributed by atoms with E-state index < -0.39 is 0 Å². The zero-order chi connectivity index (χ0) is 13.7. The number of nitrogens with two attached hydrogens (primary N) is 1. The number of hydrogen-bond donors (Lipinski definition) is 1. The van der Waals surface area contributed by atoms with Gasteiger partial charge in [0.15, 0.2) is 0 Å². The van der Waals surface area contributed by atoms with E-state index in [4.69, 9.17) is 10.3 Å². The average Bonchev–Trinajstić information content (AvgIpc) is 2.98. The summed E-state index contributed by atoms with van der Waals surface area (Å²) in [5.41, 5.74) is 1.41. The molecule has 0 spiro atoms. The Bertz CT molecular complexity index is 535. The maximum atomic E-state index is 12.3. The fourth-order valence-corrected chi connectivity index (χ4v) is 1.90. The highest BCUT2D eigenvalue weighted by atomic mass is 16.3. The molecule has 2 rings (SSSR count). The Kier molecular flexibility index (Phi) is 4.15. The van der Waals surface area contributed by atoms with Crippen LogP contribution < -0.4 is 5.84 Å². The third kappa shape index (κ3) is 2.92. The molecule has 0 aliphatic rings. The first-order valence-electron chi connectivity index (χ1n) is 6.00. The molecule has 19 heavy (non-hydrogen) atoms. The quantitative estimate of drug-likeness (QED) is 0.387. The van der Waals surface area contributed by atoms with Crippen LogP contribution in [0.5, 0.6) is 0 Å². The van der Waals surface area contributed by atoms with E-state index in [9.17, 15) is 4.79 Å². The van der Waals surface area contributed by atoms with Crippen LogP contribution in [0.25, 0.3) is 0 Å². The standard InChI is InChI=1S/C15H16N2O2/c1-2-6-14(13-9-10-19-11-13)17(16)15(18)12-7-4-3-5-8-12/h2-5,7-11,14H,1,6,16H2/t14-/m1/s1. The molecule has 0 fully saturated rings. The molecule has 1 atom stereocenters. The zero-order valence-electron chi connectivity index (χ0n) is 10.5. The van der Waals surface area contributed by atoms with Crippen LogP contribution in [0.3, 0.4) is 0 Å². The molecule has 98 valence electrons. The van der Waals surface area contributed by atoms with Crippen LogP contribution >= 0.6 is 0 Å². The topological polar surface area (TPSA) is 59.5 Å². The highest BCUT2D eigenvalue weighted by Crippen LogP contribution is 2.24. The van der Waals surface area contributed by atoms with Crippen molar-refractivity contribution in [2.24, 2.45) is 5.84 Å². The Hall–Kier alpha value is -2.33. The minimum Gasteiger partial charge on any atom is -0.472 e. The highest BCUT2D eigenvalue weighted by Gasteiger charge is 2.23. The molecule has 0 aliphatic carbocycles. The van der Waals surface area contributed by atoms with Crippen LogP contribution in [0.4, 0.5) is 0 Å². The Morgan fingerprint density at radius 2 is 2.11 bits per heavy atom. The summed E-state index contributed by atoms with van der Waals surface area (Å²) in [4.78, 5) is 12.3. The van der Waals surface area contributed by atoms with E-state index in [0.29, 0.717) is 12.0 Å². The predicted octanol–water partition coefficient (Wildman–Crippen LogP) is 2.91. The van der Waals surface area contributed by atoms with E-state index in [1.165, 1.54) is 5.01 Å². The van der Waals surface area contributed by atoms with Crippen LogP contribution in [-0.2, 0) is 0 Å². The van der Waals surface area contributed by atoms with Crippen LogP contribution in [-0.4, -0.2) is 10.9 Å². The molecule has 2 aromatic rings. The van der Waals surface area contributed by atoms with Crippen LogP contribution in [0.2, 0.25) is 0 Å². The van der Waals surface area contributed by atoms with Gasteiger partial charge < -0.3 is 4.42 Å². The van der Waals surface area contributed by atoms with E-state index in [-0.39, 0.29) is 11.9 Å². The number of carbonyl (C=O) groups is 1. The van der Waals surface area contributed by atoms with Crippen LogP contribution in [0.1, 0.15) is 28.4 Å². The van der Waals surface area contributed by atoms with Gasteiger partial charge in [0, 0.05) is 11.1 Å². The van der Waals surface area contributed by atoms with Gasteiger partial charge in [0.1, 0.15) is 0 Å². The van der Waals surface area contributed by atoms with Crippen molar-refractivity contribution in [2.75, 3.05) is 0 Å². The minimum absolute atomic E-state index is 0.228. The second kappa shape index (κ2) is 6.02. The molecule has 1 amide bonds. The summed E-state index contributed by atoms with van der Waals surface area (Å²) in [7, 11) is 0. The molecule has 0 aliphatic heterocycles. The first-order valence-corrected chi connectivity index (χ1v) is 6.00. The molecule has 1 aromatic carbocycles. The van der Waals surface area contributed by atoms with Crippen molar-refractivity contribution in [3.8, 4) is 0 Å². The van der Waals surface area contributed by atoms with Crippen molar-refractivity contribution in [3.05, 3.63) is 72.7 Å². The van der Waals surface area contributed by atoms with Gasteiger partial charge in [0.2, 0.25) is 0 Å². The molecule has 0 saturated carbocycles. The summed E-state index contributed by atoms with van der Waals surface area (Å²) < 4.78 is 5.05. The number of nitrogens with zero attached hydrogens (tertiary/aromatic N) is 1. The van der Waals surface area contributed by atoms with Crippen molar-refractivity contribution >= 4 is 5.91 Å². The van der Waals surface area contributed by atoms with Gasteiger partial charge in [0.25, 0.3) is 5.91 Å². The zero-order valence-corrected chi connectivity index (χ0v) is 10.5.